The summed E-state index contributed by atoms with van der Waals surface area (Å²) in [5.74, 6) is 1.49. The van der Waals surface area contributed by atoms with E-state index in [1.165, 1.54) is 22.3 Å². The second-order valence-corrected chi connectivity index (χ2v) is 8.44. The molecule has 2 aliphatic rings. The van der Waals surface area contributed by atoms with Gasteiger partial charge < -0.3 is 34.3 Å². The monoisotopic (exact) mass is 594 g/mol. The van der Waals surface area contributed by atoms with Gasteiger partial charge in [0.05, 0.1) is 6.42 Å². The minimum absolute atomic E-state index is 0. The molecule has 7 heteroatoms. The van der Waals surface area contributed by atoms with Gasteiger partial charge >= 0.3 is 20.4 Å². The fourth-order valence-electron chi connectivity index (χ4n) is 4.51. The number of hydrogen-bond acceptors (Lipinski definition) is 4. The maximum atomic E-state index is 6.25. The zero-order valence-corrected chi connectivity index (χ0v) is 23.3. The van der Waals surface area contributed by atoms with Crippen molar-refractivity contribution >= 4 is 11.8 Å². The molecule has 0 N–H and O–H groups in total. The minimum atomic E-state index is 0. The molecule has 0 saturated heterocycles. The van der Waals surface area contributed by atoms with Gasteiger partial charge in [0.1, 0.15) is 24.3 Å². The van der Waals surface area contributed by atoms with Crippen LogP contribution in [-0.2, 0) is 42.7 Å². The van der Waals surface area contributed by atoms with Crippen molar-refractivity contribution in [2.24, 2.45) is 9.98 Å². The SMILES string of the molecule is CCc1cccc([C@H]2N=C(CC3=N[C@H](c4cccc(CC)c4)C(CC)O3)OC2CC)c1.[Cl-].[Cl-].[Pd+2]. The molecule has 2 aliphatic heterocycles. The van der Waals surface area contributed by atoms with Crippen LogP contribution >= 0.6 is 0 Å². The Bertz CT molecular complexity index is 905. The van der Waals surface area contributed by atoms with Gasteiger partial charge in [0.2, 0.25) is 0 Å². The molecular weight excluding hydrogens is 562 g/mol. The molecule has 2 heterocycles. The molecular formula is C27H34Cl2N2O2Pd. The molecule has 2 aromatic carbocycles. The van der Waals surface area contributed by atoms with Crippen molar-refractivity contribution in [2.75, 3.05) is 0 Å². The summed E-state index contributed by atoms with van der Waals surface area (Å²) in [6.45, 7) is 8.69. The first-order valence-electron chi connectivity index (χ1n) is 11.8. The molecule has 188 valence electrons. The van der Waals surface area contributed by atoms with Gasteiger partial charge in [0.25, 0.3) is 0 Å². The zero-order valence-electron chi connectivity index (χ0n) is 20.2. The topological polar surface area (TPSA) is 43.2 Å². The van der Waals surface area contributed by atoms with Crippen molar-refractivity contribution in [1.29, 1.82) is 0 Å². The van der Waals surface area contributed by atoms with Crippen molar-refractivity contribution in [1.82, 2.24) is 0 Å². The average Bonchev–Trinajstić information content (AvgIpc) is 3.43. The fourth-order valence-corrected chi connectivity index (χ4v) is 4.51. The quantitative estimate of drug-likeness (QED) is 0.415. The van der Waals surface area contributed by atoms with E-state index in [1.807, 2.05) is 0 Å². The number of nitrogens with zero attached hydrogens (tertiary/aromatic N) is 2. The molecule has 4 nitrogen and oxygen atoms in total. The van der Waals surface area contributed by atoms with E-state index < -0.39 is 0 Å². The molecule has 0 saturated carbocycles. The summed E-state index contributed by atoms with van der Waals surface area (Å²) in [5.41, 5.74) is 5.14. The summed E-state index contributed by atoms with van der Waals surface area (Å²) in [5, 5.41) is 0. The number of aryl methyl sites for hydroxylation is 2. The van der Waals surface area contributed by atoms with Crippen LogP contribution in [-0.4, -0.2) is 24.0 Å². The van der Waals surface area contributed by atoms with E-state index in [-0.39, 0.29) is 69.5 Å². The molecule has 0 aromatic heterocycles. The van der Waals surface area contributed by atoms with Gasteiger partial charge in [-0.15, -0.1) is 0 Å². The molecule has 0 radical (unpaired) electrons. The number of rotatable bonds is 8. The van der Waals surface area contributed by atoms with Crippen molar-refractivity contribution in [2.45, 2.75) is 84.1 Å². The van der Waals surface area contributed by atoms with Crippen LogP contribution in [0.5, 0.6) is 0 Å². The second-order valence-electron chi connectivity index (χ2n) is 8.44. The maximum absolute atomic E-state index is 6.25. The Labute approximate surface area is 230 Å². The molecule has 0 bridgehead atoms. The van der Waals surface area contributed by atoms with E-state index in [2.05, 4.69) is 76.2 Å². The third kappa shape index (κ3) is 6.85. The van der Waals surface area contributed by atoms with E-state index in [9.17, 15) is 0 Å². The Morgan fingerprint density at radius 2 is 1.09 bits per heavy atom. The van der Waals surface area contributed by atoms with Gasteiger partial charge in [-0.3, -0.25) is 0 Å². The molecule has 4 atom stereocenters. The summed E-state index contributed by atoms with van der Waals surface area (Å²) >= 11 is 0. The molecule has 0 aliphatic carbocycles. The van der Waals surface area contributed by atoms with Crippen LogP contribution in [0.4, 0.5) is 0 Å². The van der Waals surface area contributed by atoms with Crippen LogP contribution in [0.1, 0.15) is 81.3 Å². The van der Waals surface area contributed by atoms with Crippen LogP contribution in [0, 0.1) is 0 Å². The molecule has 0 amide bonds. The molecule has 4 rings (SSSR count). The Hall–Kier alpha value is -1.38. The van der Waals surface area contributed by atoms with Crippen LogP contribution in [0.15, 0.2) is 58.5 Å². The van der Waals surface area contributed by atoms with Crippen molar-refractivity contribution in [3.63, 3.8) is 0 Å². The molecule has 2 aromatic rings. The minimum Gasteiger partial charge on any atom is -1.00 e. The van der Waals surface area contributed by atoms with Gasteiger partial charge in [-0.2, -0.15) is 0 Å². The Kier molecular flexibility index (Phi) is 12.8. The number of ether oxygens (including phenoxy) is 2. The predicted octanol–water partition coefficient (Wildman–Crippen LogP) is 0.404. The third-order valence-corrected chi connectivity index (χ3v) is 6.35. The molecule has 2 unspecified atom stereocenters. The van der Waals surface area contributed by atoms with E-state index in [0.717, 1.165) is 37.5 Å². The average molecular weight is 596 g/mol. The molecule has 34 heavy (non-hydrogen) atoms. The molecule has 0 fully saturated rings. The predicted molar refractivity (Wildman–Crippen MR) is 127 cm³/mol. The first-order chi connectivity index (χ1) is 15.1. The normalized spacial score (nSPS) is 22.8. The summed E-state index contributed by atoms with van der Waals surface area (Å²) in [6, 6.07) is 17.5. The first-order valence-corrected chi connectivity index (χ1v) is 11.8. The van der Waals surface area contributed by atoms with Crippen LogP contribution in [0.25, 0.3) is 0 Å². The maximum Gasteiger partial charge on any atom is 2.00 e. The summed E-state index contributed by atoms with van der Waals surface area (Å²) in [7, 11) is 0. The van der Waals surface area contributed by atoms with E-state index in [1.54, 1.807) is 0 Å². The molecule has 0 spiro atoms. The summed E-state index contributed by atoms with van der Waals surface area (Å²) in [6.07, 6.45) is 4.57. The largest absolute Gasteiger partial charge is 2.00 e. The number of hydrogen-bond donors (Lipinski definition) is 0. The van der Waals surface area contributed by atoms with Crippen molar-refractivity contribution in [3.8, 4) is 0 Å². The van der Waals surface area contributed by atoms with Crippen LogP contribution in [0.2, 0.25) is 0 Å². The van der Waals surface area contributed by atoms with Crippen LogP contribution < -0.4 is 24.8 Å². The van der Waals surface area contributed by atoms with Gasteiger partial charge in [-0.25, -0.2) is 9.98 Å². The van der Waals surface area contributed by atoms with Gasteiger partial charge in [0, 0.05) is 0 Å². The van der Waals surface area contributed by atoms with Gasteiger partial charge in [-0.05, 0) is 47.9 Å². The van der Waals surface area contributed by atoms with Gasteiger partial charge in [0.15, 0.2) is 11.8 Å². The first kappa shape index (κ1) is 30.7. The van der Waals surface area contributed by atoms with Crippen LogP contribution in [0.3, 0.4) is 0 Å². The second kappa shape index (κ2) is 14.2. The summed E-state index contributed by atoms with van der Waals surface area (Å²) < 4.78 is 12.5. The third-order valence-electron chi connectivity index (χ3n) is 6.35. The number of halogens is 2. The zero-order chi connectivity index (χ0) is 21.8. The smallest absolute Gasteiger partial charge is 1.00 e. The van der Waals surface area contributed by atoms with E-state index in [4.69, 9.17) is 19.5 Å². The fraction of sp³-hybridized carbons (Fsp3) is 0.481. The van der Waals surface area contributed by atoms with Crippen molar-refractivity contribution in [3.05, 3.63) is 70.8 Å². The number of aliphatic imine (C=N–C) groups is 2. The summed E-state index contributed by atoms with van der Waals surface area (Å²) in [4.78, 5) is 9.92. The van der Waals surface area contributed by atoms with E-state index in [0.29, 0.717) is 6.42 Å². The Morgan fingerprint density at radius 1 is 0.676 bits per heavy atom. The van der Waals surface area contributed by atoms with E-state index >= 15 is 0 Å². The number of benzene rings is 2. The standard InChI is InChI=1S/C27H34N2O2.2ClH.Pd/c1-5-18-11-9-13-20(15-18)26-22(7-3)30-24(28-26)17-25-29-27(23(8-4)31-25)21-14-10-12-19(6-2)16-21;;;/h9-16,22-23,26-27H,5-8,17H2,1-4H3;2*1H;/q;;;+2/p-2/t22?,23?,26-,27-;;;/m1.../s1. The Morgan fingerprint density at radius 3 is 1.44 bits per heavy atom. The Balaban J connectivity index is 0.00000193. The van der Waals surface area contributed by atoms with Crippen molar-refractivity contribution < 1.29 is 54.7 Å². The van der Waals surface area contributed by atoms with Gasteiger partial charge in [-0.1, -0.05) is 76.2 Å².